The number of guanidine groups is 1. The minimum absolute atomic E-state index is 0. The number of ether oxygens (including phenoxy) is 2. The van der Waals surface area contributed by atoms with Gasteiger partial charge in [-0.2, -0.15) is 0 Å². The Hall–Kier alpha value is -2.86. The molecule has 170 valence electrons. The van der Waals surface area contributed by atoms with Crippen LogP contribution in [0.25, 0.3) is 0 Å². The fourth-order valence-corrected chi connectivity index (χ4v) is 3.47. The highest BCUT2D eigenvalue weighted by Gasteiger charge is 2.07. The third-order valence-corrected chi connectivity index (χ3v) is 5.36. The van der Waals surface area contributed by atoms with Crippen LogP contribution in [0.15, 0.2) is 65.0 Å². The van der Waals surface area contributed by atoms with Gasteiger partial charge in [-0.1, -0.05) is 24.3 Å². The number of nitrogens with one attached hydrogen (secondary N) is 2. The first-order valence-corrected chi connectivity index (χ1v) is 10.5. The highest BCUT2D eigenvalue weighted by atomic mass is 127. The average molecular weight is 568 g/mol. The molecule has 0 fully saturated rings. The predicted octanol–water partition coefficient (Wildman–Crippen LogP) is 4.73. The average Bonchev–Trinajstić information content (AvgIpc) is 3.32. The molecule has 1 heterocycles. The molecule has 2 N–H and O–H groups in total. The molecule has 0 amide bonds. The molecular formula is C22H25IN4O4S. The van der Waals surface area contributed by atoms with Crippen LogP contribution in [0, 0.1) is 10.1 Å². The highest BCUT2D eigenvalue weighted by molar-refractivity contribution is 14.0. The van der Waals surface area contributed by atoms with Crippen molar-refractivity contribution in [1.82, 2.24) is 10.6 Å². The molecule has 0 spiro atoms. The topological polar surface area (TPSA) is 98.0 Å². The second kappa shape index (κ2) is 12.9. The summed E-state index contributed by atoms with van der Waals surface area (Å²) in [5.74, 6) is 1.96. The van der Waals surface area contributed by atoms with E-state index >= 15 is 0 Å². The summed E-state index contributed by atoms with van der Waals surface area (Å²) >= 11 is 1.67. The molecule has 0 aliphatic heterocycles. The van der Waals surface area contributed by atoms with Gasteiger partial charge in [0.15, 0.2) is 17.5 Å². The van der Waals surface area contributed by atoms with Crippen LogP contribution >= 0.6 is 35.3 Å². The smallest absolute Gasteiger partial charge is 0.269 e. The Balaban J connectivity index is 0.00000363. The fraction of sp³-hybridized carbons (Fsp3) is 0.227. The summed E-state index contributed by atoms with van der Waals surface area (Å²) < 4.78 is 10.6. The van der Waals surface area contributed by atoms with Crippen LogP contribution in [0.3, 0.4) is 0 Å². The van der Waals surface area contributed by atoms with Crippen LogP contribution in [0.5, 0.6) is 11.5 Å². The largest absolute Gasteiger partial charge is 0.493 e. The lowest BCUT2D eigenvalue weighted by Gasteiger charge is -2.13. The molecule has 0 unspecified atom stereocenters. The van der Waals surface area contributed by atoms with Crippen molar-refractivity contribution in [2.45, 2.75) is 19.6 Å². The highest BCUT2D eigenvalue weighted by Crippen LogP contribution is 2.27. The zero-order valence-corrected chi connectivity index (χ0v) is 20.9. The van der Waals surface area contributed by atoms with Gasteiger partial charge >= 0.3 is 0 Å². The summed E-state index contributed by atoms with van der Waals surface area (Å²) in [5, 5.41) is 19.5. The molecule has 0 saturated heterocycles. The van der Waals surface area contributed by atoms with E-state index in [0.29, 0.717) is 37.1 Å². The van der Waals surface area contributed by atoms with Gasteiger partial charge in [-0.15, -0.1) is 35.3 Å². The summed E-state index contributed by atoms with van der Waals surface area (Å²) in [6.45, 7) is 1.58. The minimum Gasteiger partial charge on any atom is -0.493 e. The summed E-state index contributed by atoms with van der Waals surface area (Å²) in [5.41, 5.74) is 1.97. The number of hydrogen-bond donors (Lipinski definition) is 2. The lowest BCUT2D eigenvalue weighted by Crippen LogP contribution is -2.36. The second-order valence-electron chi connectivity index (χ2n) is 6.56. The Labute approximate surface area is 207 Å². The van der Waals surface area contributed by atoms with Gasteiger partial charge in [-0.3, -0.25) is 10.1 Å². The molecule has 32 heavy (non-hydrogen) atoms. The molecule has 10 heteroatoms. The van der Waals surface area contributed by atoms with Crippen LogP contribution in [0.1, 0.15) is 16.0 Å². The van der Waals surface area contributed by atoms with Crippen LogP contribution in [-0.4, -0.2) is 25.1 Å². The van der Waals surface area contributed by atoms with Gasteiger partial charge in [0, 0.05) is 23.6 Å². The van der Waals surface area contributed by atoms with E-state index in [-0.39, 0.29) is 29.7 Å². The van der Waals surface area contributed by atoms with E-state index in [1.165, 1.54) is 17.0 Å². The second-order valence-corrected chi connectivity index (χ2v) is 7.60. The fourth-order valence-electron chi connectivity index (χ4n) is 2.83. The summed E-state index contributed by atoms with van der Waals surface area (Å²) in [6.07, 6.45) is 0. The van der Waals surface area contributed by atoms with E-state index in [4.69, 9.17) is 9.47 Å². The maximum atomic E-state index is 10.8. The Bertz CT molecular complexity index is 1030. The zero-order valence-electron chi connectivity index (χ0n) is 17.7. The van der Waals surface area contributed by atoms with E-state index in [1.54, 1.807) is 37.7 Å². The minimum atomic E-state index is -0.407. The van der Waals surface area contributed by atoms with Gasteiger partial charge in [-0.25, -0.2) is 4.99 Å². The molecule has 0 aliphatic carbocycles. The number of methoxy groups -OCH3 is 2. The molecule has 0 aliphatic rings. The predicted molar refractivity (Wildman–Crippen MR) is 137 cm³/mol. The van der Waals surface area contributed by atoms with Gasteiger partial charge in [-0.05, 0) is 34.7 Å². The Morgan fingerprint density at radius 1 is 1.00 bits per heavy atom. The first-order valence-electron chi connectivity index (χ1n) is 9.58. The van der Waals surface area contributed by atoms with Crippen molar-refractivity contribution in [3.05, 3.63) is 86.1 Å². The van der Waals surface area contributed by atoms with Gasteiger partial charge in [0.1, 0.15) is 0 Å². The number of halogens is 1. The molecule has 1 aromatic heterocycles. The normalized spacial score (nSPS) is 10.8. The molecule has 8 nitrogen and oxygen atoms in total. The van der Waals surface area contributed by atoms with Crippen molar-refractivity contribution in [3.8, 4) is 11.5 Å². The quantitative estimate of drug-likeness (QED) is 0.127. The number of nitrogens with zero attached hydrogens (tertiary/aromatic N) is 2. The number of aliphatic imine (C=N–C) groups is 1. The molecule has 0 radical (unpaired) electrons. The molecule has 0 atom stereocenters. The van der Waals surface area contributed by atoms with Crippen molar-refractivity contribution in [2.75, 3.05) is 14.2 Å². The van der Waals surface area contributed by atoms with Gasteiger partial charge < -0.3 is 20.1 Å². The van der Waals surface area contributed by atoms with Gasteiger partial charge in [0.25, 0.3) is 5.69 Å². The van der Waals surface area contributed by atoms with Crippen molar-refractivity contribution in [2.24, 2.45) is 4.99 Å². The number of benzene rings is 2. The van der Waals surface area contributed by atoms with Crippen molar-refractivity contribution >= 4 is 47.0 Å². The van der Waals surface area contributed by atoms with E-state index < -0.39 is 4.92 Å². The first kappa shape index (κ1) is 25.4. The Kier molecular flexibility index (Phi) is 10.2. The number of thiophene rings is 1. The number of non-ortho nitro benzene ring substituents is 1. The van der Waals surface area contributed by atoms with Crippen LogP contribution in [0.2, 0.25) is 0 Å². The third kappa shape index (κ3) is 7.38. The molecule has 0 bridgehead atoms. The van der Waals surface area contributed by atoms with Crippen LogP contribution in [0.4, 0.5) is 5.69 Å². The van der Waals surface area contributed by atoms with E-state index in [1.807, 2.05) is 29.6 Å². The maximum Gasteiger partial charge on any atom is 0.269 e. The number of hydrogen-bond acceptors (Lipinski definition) is 6. The SMILES string of the molecule is COc1ccc(CN=C(NCc2ccc([N+](=O)[O-])cc2)NCc2cccs2)cc1OC.I. The summed E-state index contributed by atoms with van der Waals surface area (Å²) in [6, 6.07) is 16.2. The Morgan fingerprint density at radius 2 is 1.69 bits per heavy atom. The molecule has 3 aromatic rings. The van der Waals surface area contributed by atoms with E-state index in [0.717, 1.165) is 11.1 Å². The summed E-state index contributed by atoms with van der Waals surface area (Å²) in [4.78, 5) is 16.3. The van der Waals surface area contributed by atoms with E-state index in [9.17, 15) is 10.1 Å². The van der Waals surface area contributed by atoms with Crippen molar-refractivity contribution < 1.29 is 14.4 Å². The first-order chi connectivity index (χ1) is 15.1. The standard InChI is InChI=1S/C22H24N4O4S.HI/c1-29-20-10-7-17(12-21(20)30-2)14-24-22(25-15-19-4-3-11-31-19)23-13-16-5-8-18(9-6-16)26(27)28;/h3-12H,13-15H2,1-2H3,(H2,23,24,25);1H. The zero-order chi connectivity index (χ0) is 22.1. The molecule has 0 saturated carbocycles. The number of rotatable bonds is 9. The van der Waals surface area contributed by atoms with Crippen LogP contribution < -0.4 is 20.1 Å². The molecule has 2 aromatic carbocycles. The number of nitro groups is 1. The van der Waals surface area contributed by atoms with Crippen molar-refractivity contribution in [1.29, 1.82) is 0 Å². The van der Waals surface area contributed by atoms with Crippen molar-refractivity contribution in [3.63, 3.8) is 0 Å². The molecular weight excluding hydrogens is 543 g/mol. The van der Waals surface area contributed by atoms with Crippen LogP contribution in [-0.2, 0) is 19.6 Å². The number of nitro benzene ring substituents is 1. The third-order valence-electron chi connectivity index (χ3n) is 4.48. The van der Waals surface area contributed by atoms with Gasteiger partial charge in [0.05, 0.1) is 32.2 Å². The molecule has 3 rings (SSSR count). The van der Waals surface area contributed by atoms with Gasteiger partial charge in [0.2, 0.25) is 0 Å². The lowest BCUT2D eigenvalue weighted by molar-refractivity contribution is -0.384. The monoisotopic (exact) mass is 568 g/mol. The Morgan fingerprint density at radius 3 is 2.31 bits per heavy atom. The lowest BCUT2D eigenvalue weighted by atomic mass is 10.2. The summed E-state index contributed by atoms with van der Waals surface area (Å²) in [7, 11) is 3.20. The maximum absolute atomic E-state index is 10.8. The van der Waals surface area contributed by atoms with E-state index in [2.05, 4.69) is 21.7 Å².